The van der Waals surface area contributed by atoms with Crippen LogP contribution in [0.5, 0.6) is 0 Å². The van der Waals surface area contributed by atoms with Crippen molar-refractivity contribution in [2.24, 2.45) is 0 Å². The van der Waals surface area contributed by atoms with Crippen LogP contribution in [0.1, 0.15) is 25.3 Å². The number of piperazine rings is 1. The lowest BCUT2D eigenvalue weighted by atomic mass is 10.1. The zero-order valence-electron chi connectivity index (χ0n) is 11.2. The number of rotatable bonds is 1. The van der Waals surface area contributed by atoms with Gasteiger partial charge in [0, 0.05) is 35.3 Å². The van der Waals surface area contributed by atoms with Crippen molar-refractivity contribution >= 4 is 21.6 Å². The van der Waals surface area contributed by atoms with Crippen molar-refractivity contribution in [2.75, 3.05) is 24.5 Å². The van der Waals surface area contributed by atoms with Gasteiger partial charge in [-0.05, 0) is 57.0 Å². The fourth-order valence-electron chi connectivity index (χ4n) is 3.35. The van der Waals surface area contributed by atoms with E-state index in [0.29, 0.717) is 6.04 Å². The second-order valence-corrected chi connectivity index (χ2v) is 6.58. The van der Waals surface area contributed by atoms with E-state index in [9.17, 15) is 0 Å². The first kappa shape index (κ1) is 12.5. The summed E-state index contributed by atoms with van der Waals surface area (Å²) in [5.41, 5.74) is 2.71. The van der Waals surface area contributed by atoms with Crippen LogP contribution in [0.4, 0.5) is 5.69 Å². The van der Waals surface area contributed by atoms with Crippen molar-refractivity contribution in [2.45, 2.75) is 38.8 Å². The van der Waals surface area contributed by atoms with E-state index in [1.54, 1.807) is 0 Å². The monoisotopic (exact) mass is 308 g/mol. The van der Waals surface area contributed by atoms with E-state index in [-0.39, 0.29) is 0 Å². The number of hydrogen-bond donors (Lipinski definition) is 0. The molecule has 2 aliphatic heterocycles. The molecule has 2 heterocycles. The van der Waals surface area contributed by atoms with Crippen LogP contribution >= 0.6 is 15.9 Å². The molecule has 98 valence electrons. The summed E-state index contributed by atoms with van der Waals surface area (Å²) in [6.07, 6.45) is 2.75. The molecule has 2 atom stereocenters. The van der Waals surface area contributed by atoms with Crippen molar-refractivity contribution in [3.63, 3.8) is 0 Å². The van der Waals surface area contributed by atoms with E-state index in [1.165, 1.54) is 48.2 Å². The summed E-state index contributed by atoms with van der Waals surface area (Å²) in [4.78, 5) is 5.26. The predicted octanol–water partition coefficient (Wildman–Crippen LogP) is 3.43. The van der Waals surface area contributed by atoms with Gasteiger partial charge in [-0.1, -0.05) is 15.9 Å². The molecule has 0 spiro atoms. The number of aryl methyl sites for hydroxylation is 1. The highest BCUT2D eigenvalue weighted by Gasteiger charge is 2.34. The number of fused-ring (bicyclic) bond motifs is 1. The molecule has 3 heteroatoms. The molecule has 0 radical (unpaired) electrons. The summed E-state index contributed by atoms with van der Waals surface area (Å²) in [6.45, 7) is 8.25. The van der Waals surface area contributed by atoms with Crippen molar-refractivity contribution in [1.29, 1.82) is 0 Å². The fourth-order valence-corrected chi connectivity index (χ4v) is 3.60. The molecule has 2 aliphatic rings. The molecule has 0 bridgehead atoms. The summed E-state index contributed by atoms with van der Waals surface area (Å²) in [5.74, 6) is 0. The number of halogens is 1. The number of hydrogen-bond acceptors (Lipinski definition) is 2. The maximum absolute atomic E-state index is 3.59. The van der Waals surface area contributed by atoms with E-state index >= 15 is 0 Å². The largest absolute Gasteiger partial charge is 0.366 e. The van der Waals surface area contributed by atoms with Gasteiger partial charge in [-0.2, -0.15) is 0 Å². The van der Waals surface area contributed by atoms with Crippen molar-refractivity contribution < 1.29 is 0 Å². The Kier molecular flexibility index (Phi) is 3.37. The maximum atomic E-state index is 3.59. The highest BCUT2D eigenvalue weighted by atomic mass is 79.9. The summed E-state index contributed by atoms with van der Waals surface area (Å²) >= 11 is 3.59. The summed E-state index contributed by atoms with van der Waals surface area (Å²) in [6, 6.07) is 8.15. The van der Waals surface area contributed by atoms with E-state index < -0.39 is 0 Å². The maximum Gasteiger partial charge on any atom is 0.0389 e. The van der Waals surface area contributed by atoms with Gasteiger partial charge in [0.05, 0.1) is 0 Å². The Morgan fingerprint density at radius 3 is 2.89 bits per heavy atom. The first-order chi connectivity index (χ1) is 8.65. The van der Waals surface area contributed by atoms with Crippen molar-refractivity contribution in [3.8, 4) is 0 Å². The normalized spacial score (nSPS) is 28.5. The lowest BCUT2D eigenvalue weighted by molar-refractivity contribution is 0.203. The third-order valence-corrected chi connectivity index (χ3v) is 5.30. The number of benzene rings is 1. The minimum atomic E-state index is 0.625. The fraction of sp³-hybridized carbons (Fsp3) is 0.600. The van der Waals surface area contributed by atoms with E-state index in [4.69, 9.17) is 0 Å². The van der Waals surface area contributed by atoms with Crippen molar-refractivity contribution in [1.82, 2.24) is 4.90 Å². The Morgan fingerprint density at radius 1 is 1.28 bits per heavy atom. The van der Waals surface area contributed by atoms with Crippen molar-refractivity contribution in [3.05, 3.63) is 28.2 Å². The minimum Gasteiger partial charge on any atom is -0.366 e. The summed E-state index contributed by atoms with van der Waals surface area (Å²) in [7, 11) is 0. The van der Waals surface area contributed by atoms with Crippen LogP contribution in [0.3, 0.4) is 0 Å². The van der Waals surface area contributed by atoms with Crippen LogP contribution in [-0.2, 0) is 0 Å². The van der Waals surface area contributed by atoms with Gasteiger partial charge >= 0.3 is 0 Å². The van der Waals surface area contributed by atoms with Crippen LogP contribution in [0.25, 0.3) is 0 Å². The number of anilines is 1. The third kappa shape index (κ3) is 2.19. The molecule has 1 aromatic rings. The molecule has 0 N–H and O–H groups in total. The van der Waals surface area contributed by atoms with E-state index in [0.717, 1.165) is 6.04 Å². The molecule has 18 heavy (non-hydrogen) atoms. The SMILES string of the molecule is Cc1cc(N2CC3CCCN3CC2C)ccc1Br. The predicted molar refractivity (Wildman–Crippen MR) is 80.3 cm³/mol. The topological polar surface area (TPSA) is 6.48 Å². The highest BCUT2D eigenvalue weighted by molar-refractivity contribution is 9.10. The quantitative estimate of drug-likeness (QED) is 0.784. The van der Waals surface area contributed by atoms with Gasteiger partial charge in [0.25, 0.3) is 0 Å². The molecular formula is C15H21BrN2. The molecule has 0 saturated carbocycles. The minimum absolute atomic E-state index is 0.625. The van der Waals surface area contributed by atoms with Crippen LogP contribution < -0.4 is 4.90 Å². The Balaban J connectivity index is 1.84. The van der Waals surface area contributed by atoms with Gasteiger partial charge < -0.3 is 4.90 Å². The Hall–Kier alpha value is -0.540. The van der Waals surface area contributed by atoms with Gasteiger partial charge in [-0.3, -0.25) is 4.90 Å². The first-order valence-electron chi connectivity index (χ1n) is 6.92. The van der Waals surface area contributed by atoms with Gasteiger partial charge in [0.15, 0.2) is 0 Å². The smallest absolute Gasteiger partial charge is 0.0389 e. The molecule has 0 aliphatic carbocycles. The summed E-state index contributed by atoms with van der Waals surface area (Å²) in [5, 5.41) is 0. The lowest BCUT2D eigenvalue weighted by Crippen LogP contribution is -2.55. The van der Waals surface area contributed by atoms with Crippen LogP contribution in [0.15, 0.2) is 22.7 Å². The molecule has 2 unspecified atom stereocenters. The van der Waals surface area contributed by atoms with Crippen LogP contribution in [0, 0.1) is 6.92 Å². The second kappa shape index (κ2) is 4.86. The van der Waals surface area contributed by atoms with E-state index in [1.807, 2.05) is 0 Å². The van der Waals surface area contributed by atoms with Gasteiger partial charge in [-0.15, -0.1) is 0 Å². The second-order valence-electron chi connectivity index (χ2n) is 5.73. The van der Waals surface area contributed by atoms with Gasteiger partial charge in [0.2, 0.25) is 0 Å². The average Bonchev–Trinajstić information content (AvgIpc) is 2.79. The van der Waals surface area contributed by atoms with Gasteiger partial charge in [0.1, 0.15) is 0 Å². The highest BCUT2D eigenvalue weighted by Crippen LogP contribution is 2.30. The molecule has 1 aromatic carbocycles. The average molecular weight is 309 g/mol. The summed E-state index contributed by atoms with van der Waals surface area (Å²) < 4.78 is 1.21. The lowest BCUT2D eigenvalue weighted by Gasteiger charge is -2.43. The molecule has 2 fully saturated rings. The standard InChI is InChI=1S/C15H21BrN2/c1-11-8-13(5-6-15(11)16)18-10-14-4-3-7-17(14)9-12(18)2/h5-6,8,12,14H,3-4,7,9-10H2,1-2H3. The molecule has 2 nitrogen and oxygen atoms in total. The molecule has 3 rings (SSSR count). The zero-order chi connectivity index (χ0) is 12.7. The third-order valence-electron chi connectivity index (χ3n) is 4.41. The number of nitrogens with zero attached hydrogens (tertiary/aromatic N) is 2. The molecular weight excluding hydrogens is 288 g/mol. The van der Waals surface area contributed by atoms with Gasteiger partial charge in [-0.25, -0.2) is 0 Å². The zero-order valence-corrected chi connectivity index (χ0v) is 12.8. The Labute approximate surface area is 118 Å². The Bertz CT molecular complexity index is 446. The van der Waals surface area contributed by atoms with Crippen LogP contribution in [-0.4, -0.2) is 36.6 Å². The molecule has 0 amide bonds. The Morgan fingerprint density at radius 2 is 2.11 bits per heavy atom. The molecule has 2 saturated heterocycles. The van der Waals surface area contributed by atoms with Crippen LogP contribution in [0.2, 0.25) is 0 Å². The first-order valence-corrected chi connectivity index (χ1v) is 7.71. The molecule has 0 aromatic heterocycles. The van der Waals surface area contributed by atoms with E-state index in [2.05, 4.69) is 57.8 Å².